The third kappa shape index (κ3) is 4.47. The zero-order valence-electron chi connectivity index (χ0n) is 13.2. The van der Waals surface area contributed by atoms with E-state index in [4.69, 9.17) is 5.11 Å². The average molecular weight is 281 g/mol. The smallest absolute Gasteiger partial charge is 0.303 e. The Morgan fingerprint density at radius 2 is 1.75 bits per heavy atom. The van der Waals surface area contributed by atoms with Crippen molar-refractivity contribution in [3.8, 4) is 0 Å². The lowest BCUT2D eigenvalue weighted by Crippen LogP contribution is -2.57. The zero-order chi connectivity index (χ0) is 14.6. The number of rotatable bonds is 6. The minimum absolute atomic E-state index is 0.329. The van der Waals surface area contributed by atoms with Gasteiger partial charge in [0.2, 0.25) is 0 Å². The van der Waals surface area contributed by atoms with E-state index in [0.717, 1.165) is 13.0 Å². The van der Waals surface area contributed by atoms with Gasteiger partial charge >= 0.3 is 5.97 Å². The molecule has 2 aliphatic rings. The molecular weight excluding hydrogens is 250 g/mol. The fourth-order valence-corrected chi connectivity index (χ4v) is 4.33. The predicted octanol–water partition coefficient (Wildman–Crippen LogP) is 3.78. The van der Waals surface area contributed by atoms with Crippen LogP contribution in [0.4, 0.5) is 0 Å². The molecule has 1 unspecified atom stereocenters. The molecule has 1 saturated heterocycles. The van der Waals surface area contributed by atoms with Gasteiger partial charge in [-0.2, -0.15) is 0 Å². The van der Waals surface area contributed by atoms with Gasteiger partial charge in [0.25, 0.3) is 0 Å². The van der Waals surface area contributed by atoms with Crippen molar-refractivity contribution in [1.29, 1.82) is 0 Å². The van der Waals surface area contributed by atoms with Gasteiger partial charge in [-0.25, -0.2) is 0 Å². The van der Waals surface area contributed by atoms with E-state index in [1.807, 2.05) is 0 Å². The molecule has 0 radical (unpaired) electrons. The first-order chi connectivity index (χ1) is 9.49. The lowest BCUT2D eigenvalue weighted by atomic mass is 9.73. The Balaban J connectivity index is 1.79. The van der Waals surface area contributed by atoms with Gasteiger partial charge in [-0.1, -0.05) is 39.5 Å². The highest BCUT2D eigenvalue weighted by atomic mass is 16.4. The van der Waals surface area contributed by atoms with Gasteiger partial charge in [0.05, 0.1) is 0 Å². The summed E-state index contributed by atoms with van der Waals surface area (Å²) in [5, 5.41) is 9.06. The maximum Gasteiger partial charge on any atom is 0.303 e. The maximum atomic E-state index is 11.0. The van der Waals surface area contributed by atoms with Gasteiger partial charge in [0.1, 0.15) is 0 Å². The van der Waals surface area contributed by atoms with Crippen LogP contribution in [-0.2, 0) is 4.79 Å². The fourth-order valence-electron chi connectivity index (χ4n) is 4.33. The van der Waals surface area contributed by atoms with E-state index in [1.165, 1.54) is 51.6 Å². The summed E-state index contributed by atoms with van der Waals surface area (Å²) in [6, 6.07) is 0. The van der Waals surface area contributed by atoms with Crippen molar-refractivity contribution in [3.63, 3.8) is 0 Å². The lowest BCUT2D eigenvalue weighted by Gasteiger charge is -2.51. The normalized spacial score (nSPS) is 24.4. The molecule has 1 atom stereocenters. The number of carboxylic acids is 1. The molecule has 2 rings (SSSR count). The van der Waals surface area contributed by atoms with Crippen molar-refractivity contribution in [2.45, 2.75) is 65.2 Å². The average Bonchev–Trinajstić information content (AvgIpc) is 2.52. The van der Waals surface area contributed by atoms with E-state index < -0.39 is 5.97 Å². The van der Waals surface area contributed by atoms with Gasteiger partial charge in [-0.3, -0.25) is 4.79 Å². The van der Waals surface area contributed by atoms with Gasteiger partial charge in [0, 0.05) is 26.1 Å². The molecule has 3 nitrogen and oxygen atoms in total. The number of aliphatic carboxylic acids is 1. The molecule has 1 spiro atoms. The molecule has 0 aromatic heterocycles. The number of hydrogen-bond donors (Lipinski definition) is 1. The molecule has 1 heterocycles. The molecule has 0 aromatic rings. The number of hydrogen-bond acceptors (Lipinski definition) is 2. The first kappa shape index (κ1) is 15.8. The molecule has 20 heavy (non-hydrogen) atoms. The van der Waals surface area contributed by atoms with Crippen LogP contribution in [0.5, 0.6) is 0 Å². The second kappa shape index (κ2) is 6.93. The summed E-state index contributed by atoms with van der Waals surface area (Å²) in [4.78, 5) is 13.5. The molecule has 1 saturated carbocycles. The molecule has 1 aliphatic carbocycles. The molecule has 3 heteroatoms. The Labute approximate surface area is 123 Å². The maximum absolute atomic E-state index is 11.0. The standard InChI is InChI=1S/C17H31NO2/c1-14(2)9-15(10-16(19)20)11-18-12-17(13-18)7-5-3-4-6-8-17/h14-15H,3-13H2,1-2H3,(H,19,20). The Morgan fingerprint density at radius 3 is 2.25 bits per heavy atom. The van der Waals surface area contributed by atoms with Crippen molar-refractivity contribution in [2.24, 2.45) is 17.3 Å². The fraction of sp³-hybridized carbons (Fsp3) is 0.941. The first-order valence-corrected chi connectivity index (χ1v) is 8.43. The molecule has 1 aliphatic heterocycles. The van der Waals surface area contributed by atoms with Crippen LogP contribution in [0.2, 0.25) is 0 Å². The largest absolute Gasteiger partial charge is 0.481 e. The second-order valence-corrected chi connectivity index (χ2v) is 7.68. The Hall–Kier alpha value is -0.570. The quantitative estimate of drug-likeness (QED) is 0.805. The van der Waals surface area contributed by atoms with Crippen LogP contribution in [0.15, 0.2) is 0 Å². The van der Waals surface area contributed by atoms with Crippen molar-refractivity contribution in [2.75, 3.05) is 19.6 Å². The van der Waals surface area contributed by atoms with Crippen LogP contribution < -0.4 is 0 Å². The predicted molar refractivity (Wildman–Crippen MR) is 81.8 cm³/mol. The minimum atomic E-state index is -0.639. The topological polar surface area (TPSA) is 40.5 Å². The summed E-state index contributed by atoms with van der Waals surface area (Å²) in [6.07, 6.45) is 9.80. The zero-order valence-corrected chi connectivity index (χ0v) is 13.2. The number of likely N-dealkylation sites (tertiary alicyclic amines) is 1. The van der Waals surface area contributed by atoms with Crippen LogP contribution in [0.1, 0.15) is 65.2 Å². The second-order valence-electron chi connectivity index (χ2n) is 7.68. The van der Waals surface area contributed by atoms with Crippen molar-refractivity contribution in [3.05, 3.63) is 0 Å². The summed E-state index contributed by atoms with van der Waals surface area (Å²) in [5.74, 6) is 0.281. The minimum Gasteiger partial charge on any atom is -0.481 e. The molecule has 0 amide bonds. The summed E-state index contributed by atoms with van der Waals surface area (Å²) in [6.45, 7) is 7.82. The SMILES string of the molecule is CC(C)CC(CC(=O)O)CN1CC2(CCCCCC2)C1. The van der Waals surface area contributed by atoms with Crippen molar-refractivity contribution >= 4 is 5.97 Å². The van der Waals surface area contributed by atoms with E-state index in [1.54, 1.807) is 0 Å². The van der Waals surface area contributed by atoms with Crippen LogP contribution in [0.25, 0.3) is 0 Å². The molecule has 1 N–H and O–H groups in total. The lowest BCUT2D eigenvalue weighted by molar-refractivity contribution is -0.138. The van der Waals surface area contributed by atoms with E-state index in [0.29, 0.717) is 23.7 Å². The van der Waals surface area contributed by atoms with E-state index in [2.05, 4.69) is 18.7 Å². The molecule has 0 bridgehead atoms. The van der Waals surface area contributed by atoms with Gasteiger partial charge in [-0.05, 0) is 36.5 Å². The monoisotopic (exact) mass is 281 g/mol. The van der Waals surface area contributed by atoms with Crippen LogP contribution in [0.3, 0.4) is 0 Å². The van der Waals surface area contributed by atoms with Crippen molar-refractivity contribution in [1.82, 2.24) is 4.90 Å². The highest BCUT2D eigenvalue weighted by Crippen LogP contribution is 2.43. The Bertz CT molecular complexity index is 311. The Kier molecular flexibility index (Phi) is 5.48. The third-order valence-corrected chi connectivity index (χ3v) is 5.07. The molecule has 0 aromatic carbocycles. The van der Waals surface area contributed by atoms with Crippen LogP contribution in [-0.4, -0.2) is 35.6 Å². The van der Waals surface area contributed by atoms with E-state index in [-0.39, 0.29) is 0 Å². The number of carbonyl (C=O) groups is 1. The van der Waals surface area contributed by atoms with Gasteiger partial charge in [-0.15, -0.1) is 0 Å². The van der Waals surface area contributed by atoms with Gasteiger partial charge < -0.3 is 10.0 Å². The van der Waals surface area contributed by atoms with Crippen LogP contribution in [0, 0.1) is 17.3 Å². The summed E-state index contributed by atoms with van der Waals surface area (Å²) >= 11 is 0. The number of carboxylic acid groups (broad SMARTS) is 1. The van der Waals surface area contributed by atoms with E-state index in [9.17, 15) is 4.79 Å². The highest BCUT2D eigenvalue weighted by Gasteiger charge is 2.42. The summed E-state index contributed by atoms with van der Waals surface area (Å²) in [7, 11) is 0. The van der Waals surface area contributed by atoms with Crippen molar-refractivity contribution < 1.29 is 9.90 Å². The Morgan fingerprint density at radius 1 is 1.15 bits per heavy atom. The molecule has 2 fully saturated rings. The third-order valence-electron chi connectivity index (χ3n) is 5.07. The molecule has 116 valence electrons. The molecular formula is C17H31NO2. The van der Waals surface area contributed by atoms with Crippen LogP contribution >= 0.6 is 0 Å². The van der Waals surface area contributed by atoms with E-state index >= 15 is 0 Å². The van der Waals surface area contributed by atoms with Gasteiger partial charge in [0.15, 0.2) is 0 Å². The number of nitrogens with zero attached hydrogens (tertiary/aromatic N) is 1. The highest BCUT2D eigenvalue weighted by molar-refractivity contribution is 5.67. The first-order valence-electron chi connectivity index (χ1n) is 8.43. The summed E-state index contributed by atoms with van der Waals surface area (Å²) in [5.41, 5.74) is 0.599. The summed E-state index contributed by atoms with van der Waals surface area (Å²) < 4.78 is 0.